The standard InChI is InChI=1S/C34H47N3O9/c1-33(2,3)45-30(40)26(19-13-14-20-35-31(41)44-23-25-17-11-8-12-18-25)36-29(39)27(37-32(42)46-34(4,5)6)21-28(38)43-22-24-15-9-7-10-16-24/h7-12,15-18,26-27H,13-14,19-23H2,1-6H3,(H,35,41)(H,36,39)(H,37,42)/t26-,27-/m0/s1. The molecule has 0 radical (unpaired) electrons. The summed E-state index contributed by atoms with van der Waals surface area (Å²) in [7, 11) is 0. The summed E-state index contributed by atoms with van der Waals surface area (Å²) in [5.41, 5.74) is -0.0853. The second kappa shape index (κ2) is 18.4. The number of hydrogen-bond donors (Lipinski definition) is 3. The van der Waals surface area contributed by atoms with Gasteiger partial charge in [0.15, 0.2) is 0 Å². The molecule has 12 nitrogen and oxygen atoms in total. The van der Waals surface area contributed by atoms with E-state index in [9.17, 15) is 24.0 Å². The van der Waals surface area contributed by atoms with Crippen LogP contribution < -0.4 is 16.0 Å². The van der Waals surface area contributed by atoms with Gasteiger partial charge in [-0.15, -0.1) is 0 Å². The predicted octanol–water partition coefficient (Wildman–Crippen LogP) is 4.94. The fourth-order valence-corrected chi connectivity index (χ4v) is 3.95. The first-order chi connectivity index (χ1) is 21.6. The highest BCUT2D eigenvalue weighted by molar-refractivity contribution is 5.92. The molecule has 0 aliphatic rings. The number of nitrogens with one attached hydrogen (secondary N) is 3. The SMILES string of the molecule is CC(C)(C)OC(=O)N[C@@H](CC(=O)OCc1ccccc1)C(=O)N[C@@H](CCCCNC(=O)OCc1ccccc1)C(=O)OC(C)(C)C. The second-order valence-electron chi connectivity index (χ2n) is 12.6. The Morgan fingerprint density at radius 1 is 0.652 bits per heavy atom. The Hall–Kier alpha value is -4.61. The zero-order chi connectivity index (χ0) is 34.2. The summed E-state index contributed by atoms with van der Waals surface area (Å²) < 4.78 is 21.3. The van der Waals surface area contributed by atoms with Crippen molar-refractivity contribution in [2.24, 2.45) is 0 Å². The van der Waals surface area contributed by atoms with Crippen molar-refractivity contribution >= 4 is 30.0 Å². The van der Waals surface area contributed by atoms with Crippen LogP contribution in [0.3, 0.4) is 0 Å². The van der Waals surface area contributed by atoms with Gasteiger partial charge in [-0.25, -0.2) is 14.4 Å². The molecule has 0 bridgehead atoms. The van der Waals surface area contributed by atoms with Gasteiger partial charge in [-0.1, -0.05) is 60.7 Å². The maximum atomic E-state index is 13.4. The number of carbonyl (C=O) groups excluding carboxylic acids is 5. The van der Waals surface area contributed by atoms with Crippen molar-refractivity contribution in [2.45, 2.75) is 104 Å². The quantitative estimate of drug-likeness (QED) is 0.139. The summed E-state index contributed by atoms with van der Waals surface area (Å²) in [6, 6.07) is 15.8. The Bertz CT molecular complexity index is 1270. The maximum Gasteiger partial charge on any atom is 0.408 e. The molecule has 3 N–H and O–H groups in total. The van der Waals surface area contributed by atoms with E-state index in [1.807, 2.05) is 36.4 Å². The molecule has 0 heterocycles. The lowest BCUT2D eigenvalue weighted by Crippen LogP contribution is -2.53. The number of carbonyl (C=O) groups is 5. The molecule has 2 aromatic rings. The molecular weight excluding hydrogens is 594 g/mol. The van der Waals surface area contributed by atoms with Crippen molar-refractivity contribution in [3.63, 3.8) is 0 Å². The normalized spacial score (nSPS) is 12.6. The molecule has 0 unspecified atom stereocenters. The Labute approximate surface area is 270 Å². The number of esters is 2. The van der Waals surface area contributed by atoms with Gasteiger partial charge in [0.2, 0.25) is 5.91 Å². The highest BCUT2D eigenvalue weighted by Gasteiger charge is 2.32. The third-order valence-corrected chi connectivity index (χ3v) is 6.03. The lowest BCUT2D eigenvalue weighted by atomic mass is 10.1. The average molecular weight is 642 g/mol. The zero-order valence-electron chi connectivity index (χ0n) is 27.6. The molecule has 0 saturated carbocycles. The Balaban J connectivity index is 2.01. The van der Waals surface area contributed by atoms with Crippen LogP contribution in [0, 0.1) is 0 Å². The van der Waals surface area contributed by atoms with Crippen LogP contribution in [0.25, 0.3) is 0 Å². The Morgan fingerprint density at radius 3 is 1.74 bits per heavy atom. The molecule has 2 atom stereocenters. The molecule has 0 aromatic heterocycles. The van der Waals surface area contributed by atoms with Gasteiger partial charge in [0.1, 0.15) is 36.5 Å². The van der Waals surface area contributed by atoms with Crippen molar-refractivity contribution in [2.75, 3.05) is 6.54 Å². The van der Waals surface area contributed by atoms with Crippen molar-refractivity contribution in [1.82, 2.24) is 16.0 Å². The van der Waals surface area contributed by atoms with E-state index >= 15 is 0 Å². The molecule has 0 aliphatic heterocycles. The molecule has 3 amide bonds. The number of unbranched alkanes of at least 4 members (excludes halogenated alkanes) is 1. The zero-order valence-corrected chi connectivity index (χ0v) is 27.6. The molecule has 46 heavy (non-hydrogen) atoms. The Kier molecular flexibility index (Phi) is 15.0. The van der Waals surface area contributed by atoms with Crippen LogP contribution in [0.15, 0.2) is 60.7 Å². The van der Waals surface area contributed by atoms with Gasteiger partial charge >= 0.3 is 24.1 Å². The molecule has 252 valence electrons. The van der Waals surface area contributed by atoms with Gasteiger partial charge in [-0.2, -0.15) is 0 Å². The van der Waals surface area contributed by atoms with Crippen LogP contribution in [-0.2, 0) is 46.5 Å². The van der Waals surface area contributed by atoms with Crippen molar-refractivity contribution < 1.29 is 42.9 Å². The van der Waals surface area contributed by atoms with E-state index in [4.69, 9.17) is 18.9 Å². The minimum absolute atomic E-state index is 0.0190. The summed E-state index contributed by atoms with van der Waals surface area (Å²) in [4.78, 5) is 63.8. The molecule has 12 heteroatoms. The van der Waals surface area contributed by atoms with Crippen molar-refractivity contribution in [3.8, 4) is 0 Å². The lowest BCUT2D eigenvalue weighted by molar-refractivity contribution is -0.159. The van der Waals surface area contributed by atoms with Gasteiger partial charge in [0, 0.05) is 6.54 Å². The first-order valence-corrected chi connectivity index (χ1v) is 15.3. The van der Waals surface area contributed by atoms with Gasteiger partial charge in [-0.3, -0.25) is 9.59 Å². The highest BCUT2D eigenvalue weighted by Crippen LogP contribution is 2.13. The summed E-state index contributed by atoms with van der Waals surface area (Å²) in [6.07, 6.45) is -0.931. The highest BCUT2D eigenvalue weighted by atomic mass is 16.6. The van der Waals surface area contributed by atoms with E-state index < -0.39 is 59.7 Å². The number of benzene rings is 2. The van der Waals surface area contributed by atoms with Gasteiger partial charge in [0.25, 0.3) is 0 Å². The number of rotatable bonds is 15. The van der Waals surface area contributed by atoms with Crippen LogP contribution in [0.2, 0.25) is 0 Å². The van der Waals surface area contributed by atoms with Crippen LogP contribution in [-0.4, -0.2) is 59.9 Å². The minimum Gasteiger partial charge on any atom is -0.461 e. The fourth-order valence-electron chi connectivity index (χ4n) is 3.95. The number of ether oxygens (including phenoxy) is 4. The molecule has 0 aliphatic carbocycles. The topological polar surface area (TPSA) is 158 Å². The van der Waals surface area contributed by atoms with Crippen molar-refractivity contribution in [3.05, 3.63) is 71.8 Å². The first-order valence-electron chi connectivity index (χ1n) is 15.3. The molecule has 0 saturated heterocycles. The molecular formula is C34H47N3O9. The van der Waals surface area contributed by atoms with E-state index in [0.29, 0.717) is 12.8 Å². The van der Waals surface area contributed by atoms with Crippen molar-refractivity contribution in [1.29, 1.82) is 0 Å². The van der Waals surface area contributed by atoms with Crippen LogP contribution in [0.5, 0.6) is 0 Å². The van der Waals surface area contributed by atoms with E-state index in [2.05, 4.69) is 16.0 Å². The molecule has 0 fully saturated rings. The summed E-state index contributed by atoms with van der Waals surface area (Å²) in [5.74, 6) is -2.21. The second-order valence-corrected chi connectivity index (χ2v) is 12.6. The Morgan fingerprint density at radius 2 is 1.20 bits per heavy atom. The first kappa shape index (κ1) is 37.6. The summed E-state index contributed by atoms with van der Waals surface area (Å²) in [6.45, 7) is 10.5. The predicted molar refractivity (Wildman–Crippen MR) is 170 cm³/mol. The third-order valence-electron chi connectivity index (χ3n) is 6.03. The van der Waals surface area contributed by atoms with E-state index in [1.54, 1.807) is 65.8 Å². The molecule has 0 spiro atoms. The average Bonchev–Trinajstić information content (AvgIpc) is 2.97. The van der Waals surface area contributed by atoms with Crippen LogP contribution in [0.1, 0.15) is 78.4 Å². The van der Waals surface area contributed by atoms with Gasteiger partial charge < -0.3 is 34.9 Å². The smallest absolute Gasteiger partial charge is 0.408 e. The number of alkyl carbamates (subject to hydrolysis) is 2. The van der Waals surface area contributed by atoms with Crippen LogP contribution >= 0.6 is 0 Å². The summed E-state index contributed by atoms with van der Waals surface area (Å²) in [5, 5.41) is 7.70. The minimum atomic E-state index is -1.40. The monoisotopic (exact) mass is 641 g/mol. The van der Waals surface area contributed by atoms with E-state index in [-0.39, 0.29) is 26.2 Å². The van der Waals surface area contributed by atoms with Gasteiger partial charge in [-0.05, 0) is 71.9 Å². The third kappa shape index (κ3) is 16.5. The van der Waals surface area contributed by atoms with E-state index in [0.717, 1.165) is 11.1 Å². The van der Waals surface area contributed by atoms with Gasteiger partial charge in [0.05, 0.1) is 6.42 Å². The lowest BCUT2D eigenvalue weighted by Gasteiger charge is -2.27. The fraction of sp³-hybridized carbons (Fsp3) is 0.500. The molecule has 2 aromatic carbocycles. The number of hydrogen-bond acceptors (Lipinski definition) is 9. The van der Waals surface area contributed by atoms with E-state index in [1.165, 1.54) is 0 Å². The largest absolute Gasteiger partial charge is 0.461 e. The maximum absolute atomic E-state index is 13.4. The number of amides is 3. The molecule has 2 rings (SSSR count). The van der Waals surface area contributed by atoms with Crippen LogP contribution in [0.4, 0.5) is 9.59 Å². The summed E-state index contributed by atoms with van der Waals surface area (Å²) >= 11 is 0.